The first kappa shape index (κ1) is 10.8. The molecule has 0 atom stereocenters. The van der Waals surface area contributed by atoms with Crippen LogP contribution in [-0.4, -0.2) is 30.2 Å². The Bertz CT molecular complexity index is 577. The van der Waals surface area contributed by atoms with Gasteiger partial charge in [0.1, 0.15) is 17.6 Å². The van der Waals surface area contributed by atoms with Crippen molar-refractivity contribution < 1.29 is 8.42 Å². The number of rotatable bonds is 3. The molecule has 2 aromatic rings. The molecule has 0 radical (unpaired) electrons. The van der Waals surface area contributed by atoms with E-state index in [1.807, 2.05) is 0 Å². The van der Waals surface area contributed by atoms with Crippen LogP contribution in [0.1, 0.15) is 0 Å². The smallest absolute Gasteiger partial charge is 0.223 e. The summed E-state index contributed by atoms with van der Waals surface area (Å²) < 4.78 is 27.2. The highest BCUT2D eigenvalue weighted by Gasteiger charge is 2.17. The monoisotopic (exact) mass is 238 g/mol. The van der Waals surface area contributed by atoms with E-state index < -0.39 is 10.0 Å². The van der Waals surface area contributed by atoms with Crippen LogP contribution in [0.25, 0.3) is 5.69 Å². The van der Waals surface area contributed by atoms with E-state index in [-0.39, 0.29) is 4.90 Å². The van der Waals surface area contributed by atoms with Crippen LogP contribution >= 0.6 is 0 Å². The molecule has 1 aromatic carbocycles. The third-order valence-electron chi connectivity index (χ3n) is 2.09. The van der Waals surface area contributed by atoms with E-state index in [0.717, 1.165) is 0 Å². The Morgan fingerprint density at radius 3 is 2.69 bits per heavy atom. The first-order chi connectivity index (χ1) is 7.65. The topological polar surface area (TPSA) is 76.9 Å². The second kappa shape index (κ2) is 4.03. The molecule has 1 N–H and O–H groups in total. The van der Waals surface area contributed by atoms with E-state index in [1.165, 1.54) is 30.5 Å². The quantitative estimate of drug-likeness (QED) is 0.827. The van der Waals surface area contributed by atoms with Crippen molar-refractivity contribution in [2.24, 2.45) is 0 Å². The Balaban J connectivity index is 2.65. The number of para-hydroxylation sites is 1. The molecule has 0 aliphatic heterocycles. The fourth-order valence-corrected chi connectivity index (χ4v) is 2.23. The summed E-state index contributed by atoms with van der Waals surface area (Å²) in [6.45, 7) is 0. The van der Waals surface area contributed by atoms with E-state index in [0.29, 0.717) is 5.69 Å². The number of hydrogen-bond acceptors (Lipinski definition) is 4. The van der Waals surface area contributed by atoms with Gasteiger partial charge < -0.3 is 0 Å². The fraction of sp³-hybridized carbons (Fsp3) is 0.111. The summed E-state index contributed by atoms with van der Waals surface area (Å²) in [6.07, 6.45) is 2.80. The lowest BCUT2D eigenvalue weighted by molar-refractivity contribution is 0.587. The number of nitrogens with zero attached hydrogens (tertiary/aromatic N) is 3. The van der Waals surface area contributed by atoms with Crippen molar-refractivity contribution in [1.29, 1.82) is 0 Å². The van der Waals surface area contributed by atoms with E-state index in [2.05, 4.69) is 14.8 Å². The minimum atomic E-state index is -3.49. The fourth-order valence-electron chi connectivity index (χ4n) is 1.32. The molecule has 1 heterocycles. The zero-order chi connectivity index (χ0) is 11.6. The Kier molecular flexibility index (Phi) is 2.71. The predicted molar refractivity (Wildman–Crippen MR) is 57.6 cm³/mol. The highest BCUT2D eigenvalue weighted by Crippen LogP contribution is 2.17. The van der Waals surface area contributed by atoms with E-state index in [9.17, 15) is 8.42 Å². The predicted octanol–water partition coefficient (Wildman–Crippen LogP) is 0.175. The lowest BCUT2D eigenvalue weighted by Gasteiger charge is -2.08. The second-order valence-electron chi connectivity index (χ2n) is 3.02. The molecule has 0 spiro atoms. The molecule has 16 heavy (non-hydrogen) atoms. The molecule has 2 rings (SSSR count). The number of nitrogens with one attached hydrogen (secondary N) is 1. The van der Waals surface area contributed by atoms with Gasteiger partial charge in [-0.1, -0.05) is 12.1 Å². The van der Waals surface area contributed by atoms with Crippen molar-refractivity contribution in [3.05, 3.63) is 36.9 Å². The van der Waals surface area contributed by atoms with Gasteiger partial charge in [0.05, 0.1) is 5.69 Å². The number of sulfonamides is 1. The van der Waals surface area contributed by atoms with Gasteiger partial charge in [-0.05, 0) is 19.2 Å². The SMILES string of the molecule is CNS(=O)(=O)c1ccccc1-n1cncn1. The third-order valence-corrected chi connectivity index (χ3v) is 3.55. The molecule has 0 aliphatic carbocycles. The first-order valence-electron chi connectivity index (χ1n) is 4.53. The molecule has 0 bridgehead atoms. The maximum atomic E-state index is 11.7. The molecular formula is C9H10N4O2S. The Morgan fingerprint density at radius 2 is 2.06 bits per heavy atom. The summed E-state index contributed by atoms with van der Waals surface area (Å²) in [5.74, 6) is 0. The summed E-state index contributed by atoms with van der Waals surface area (Å²) in [5, 5.41) is 3.91. The van der Waals surface area contributed by atoms with Crippen molar-refractivity contribution >= 4 is 10.0 Å². The summed E-state index contributed by atoms with van der Waals surface area (Å²) >= 11 is 0. The van der Waals surface area contributed by atoms with E-state index in [1.54, 1.807) is 18.2 Å². The highest BCUT2D eigenvalue weighted by molar-refractivity contribution is 7.89. The normalized spacial score (nSPS) is 11.6. The number of aromatic nitrogens is 3. The van der Waals surface area contributed by atoms with Crippen molar-refractivity contribution in [2.45, 2.75) is 4.90 Å². The van der Waals surface area contributed by atoms with Crippen LogP contribution in [0.2, 0.25) is 0 Å². The van der Waals surface area contributed by atoms with Crippen molar-refractivity contribution in [2.75, 3.05) is 7.05 Å². The Morgan fingerprint density at radius 1 is 1.31 bits per heavy atom. The molecule has 0 saturated carbocycles. The van der Waals surface area contributed by atoms with Crippen molar-refractivity contribution in [1.82, 2.24) is 19.5 Å². The zero-order valence-electron chi connectivity index (χ0n) is 8.53. The summed E-state index contributed by atoms with van der Waals surface area (Å²) in [5.41, 5.74) is 0.467. The summed E-state index contributed by atoms with van der Waals surface area (Å²) in [7, 11) is -2.12. The number of benzene rings is 1. The van der Waals surface area contributed by atoms with Crippen LogP contribution in [0.4, 0.5) is 0 Å². The lowest BCUT2D eigenvalue weighted by atomic mass is 10.3. The molecule has 0 unspecified atom stereocenters. The molecule has 0 fully saturated rings. The maximum absolute atomic E-state index is 11.7. The Labute approximate surface area is 93.0 Å². The van der Waals surface area contributed by atoms with Crippen LogP contribution in [-0.2, 0) is 10.0 Å². The average molecular weight is 238 g/mol. The van der Waals surface area contributed by atoms with Crippen molar-refractivity contribution in [3.8, 4) is 5.69 Å². The van der Waals surface area contributed by atoms with Gasteiger partial charge in [-0.3, -0.25) is 0 Å². The van der Waals surface area contributed by atoms with Crippen LogP contribution in [0.5, 0.6) is 0 Å². The van der Waals surface area contributed by atoms with E-state index >= 15 is 0 Å². The van der Waals surface area contributed by atoms with Crippen molar-refractivity contribution in [3.63, 3.8) is 0 Å². The van der Waals surface area contributed by atoms with Crippen LogP contribution in [0.15, 0.2) is 41.8 Å². The largest absolute Gasteiger partial charge is 0.242 e. The molecule has 0 aliphatic rings. The minimum absolute atomic E-state index is 0.169. The standard InChI is InChI=1S/C9H10N4O2S/c1-10-16(14,15)9-5-3-2-4-8(9)13-7-11-6-12-13/h2-7,10H,1H3. The number of hydrogen-bond donors (Lipinski definition) is 1. The van der Waals surface area contributed by atoms with Gasteiger partial charge in [0.25, 0.3) is 0 Å². The van der Waals surface area contributed by atoms with Crippen LogP contribution in [0, 0.1) is 0 Å². The van der Waals surface area contributed by atoms with E-state index in [4.69, 9.17) is 0 Å². The molecule has 0 amide bonds. The average Bonchev–Trinajstić information content (AvgIpc) is 2.82. The zero-order valence-corrected chi connectivity index (χ0v) is 9.35. The minimum Gasteiger partial charge on any atom is -0.223 e. The molecular weight excluding hydrogens is 228 g/mol. The second-order valence-corrected chi connectivity index (χ2v) is 4.87. The van der Waals surface area contributed by atoms with Gasteiger partial charge in [-0.2, -0.15) is 5.10 Å². The van der Waals surface area contributed by atoms with Crippen LogP contribution in [0.3, 0.4) is 0 Å². The lowest BCUT2D eigenvalue weighted by Crippen LogP contribution is -2.20. The van der Waals surface area contributed by atoms with Gasteiger partial charge in [0.15, 0.2) is 0 Å². The molecule has 84 valence electrons. The van der Waals surface area contributed by atoms with Gasteiger partial charge in [0, 0.05) is 0 Å². The third kappa shape index (κ3) is 1.82. The Hall–Kier alpha value is -1.73. The summed E-state index contributed by atoms with van der Waals surface area (Å²) in [4.78, 5) is 3.95. The molecule has 0 saturated heterocycles. The molecule has 7 heteroatoms. The molecule has 1 aromatic heterocycles. The van der Waals surface area contributed by atoms with Gasteiger partial charge in [0.2, 0.25) is 10.0 Å². The van der Waals surface area contributed by atoms with Crippen LogP contribution < -0.4 is 4.72 Å². The maximum Gasteiger partial charge on any atom is 0.242 e. The summed E-state index contributed by atoms with van der Waals surface area (Å²) in [6, 6.07) is 6.58. The van der Waals surface area contributed by atoms with Gasteiger partial charge in [-0.25, -0.2) is 22.8 Å². The van der Waals surface area contributed by atoms with Gasteiger partial charge in [-0.15, -0.1) is 0 Å². The first-order valence-corrected chi connectivity index (χ1v) is 6.01. The highest BCUT2D eigenvalue weighted by atomic mass is 32.2. The molecule has 6 nitrogen and oxygen atoms in total. The van der Waals surface area contributed by atoms with Gasteiger partial charge >= 0.3 is 0 Å².